The maximum Gasteiger partial charge on any atom is 0.317 e. The van der Waals surface area contributed by atoms with Gasteiger partial charge in [-0.05, 0) is 55.0 Å². The molecule has 0 atom stereocenters. The van der Waals surface area contributed by atoms with Crippen molar-refractivity contribution in [1.29, 1.82) is 0 Å². The van der Waals surface area contributed by atoms with Crippen molar-refractivity contribution >= 4 is 41.1 Å². The zero-order chi connectivity index (χ0) is 43.3. The molecule has 60 heavy (non-hydrogen) atoms. The van der Waals surface area contributed by atoms with Crippen LogP contribution in [0.5, 0.6) is 0 Å². The molecule has 1 saturated carbocycles. The van der Waals surface area contributed by atoms with Gasteiger partial charge < -0.3 is 14.2 Å². The Balaban J connectivity index is 1.43. The van der Waals surface area contributed by atoms with Crippen LogP contribution in [0.25, 0.3) is 11.1 Å². The van der Waals surface area contributed by atoms with Crippen LogP contribution in [0.15, 0.2) is 36.4 Å². The molecule has 9 heteroatoms. The standard InChI is InChI=1S/C51H77Cl2FO6/c1-3-5-7-9-11-13-15-17-19-21-23-25-27-29-48(55)58-39-43(40-59-49(56)30-28-26-24-22-20-18-16-14-12-10-8-6-4-2)60-50(57)51(35-36-51)42-32-33-44(47(54)38-42)41-31-34-45(52)46(53)37-41/h31-34,37-38,43H,3-30,35-36,39-40H2,1-2H3. The monoisotopic (exact) mass is 875 g/mol. The summed E-state index contributed by atoms with van der Waals surface area (Å²) in [5.41, 5.74) is 0.394. The molecular formula is C51H77Cl2FO6. The number of hydrogen-bond acceptors (Lipinski definition) is 6. The molecule has 0 radical (unpaired) electrons. The van der Waals surface area contributed by atoms with Crippen molar-refractivity contribution in [3.8, 4) is 11.1 Å². The largest absolute Gasteiger partial charge is 0.462 e. The molecule has 1 aliphatic rings. The van der Waals surface area contributed by atoms with Crippen LogP contribution < -0.4 is 0 Å². The van der Waals surface area contributed by atoms with Gasteiger partial charge in [-0.2, -0.15) is 0 Å². The van der Waals surface area contributed by atoms with Crippen molar-refractivity contribution in [2.24, 2.45) is 0 Å². The molecule has 0 N–H and O–H groups in total. The lowest BCUT2D eigenvalue weighted by Gasteiger charge is -2.22. The minimum absolute atomic E-state index is 0.213. The Labute approximate surface area is 372 Å². The fourth-order valence-electron chi connectivity index (χ4n) is 7.92. The molecule has 3 rings (SSSR count). The van der Waals surface area contributed by atoms with Gasteiger partial charge in [-0.25, -0.2) is 4.39 Å². The van der Waals surface area contributed by atoms with Gasteiger partial charge in [0.25, 0.3) is 0 Å². The third-order valence-corrected chi connectivity index (χ3v) is 12.7. The van der Waals surface area contributed by atoms with E-state index in [9.17, 15) is 14.4 Å². The number of carbonyl (C=O) groups is 3. The lowest BCUT2D eigenvalue weighted by Crippen LogP contribution is -2.35. The van der Waals surface area contributed by atoms with Crippen molar-refractivity contribution in [1.82, 2.24) is 0 Å². The van der Waals surface area contributed by atoms with E-state index in [0.29, 0.717) is 39.6 Å². The first kappa shape index (κ1) is 51.7. The maximum absolute atomic E-state index is 15.5. The zero-order valence-electron chi connectivity index (χ0n) is 37.3. The van der Waals surface area contributed by atoms with Crippen LogP contribution in [-0.2, 0) is 34.0 Å². The topological polar surface area (TPSA) is 78.9 Å². The molecule has 1 fully saturated rings. The first-order valence-corrected chi connectivity index (χ1v) is 24.7. The van der Waals surface area contributed by atoms with Gasteiger partial charge in [-0.1, -0.05) is 209 Å². The summed E-state index contributed by atoms with van der Waals surface area (Å²) in [6.07, 6.45) is 32.2. The summed E-state index contributed by atoms with van der Waals surface area (Å²) < 4.78 is 32.6. The molecule has 1 aliphatic carbocycles. The molecule has 0 unspecified atom stereocenters. The summed E-state index contributed by atoms with van der Waals surface area (Å²) in [4.78, 5) is 39.2. The number of ether oxygens (including phenoxy) is 3. The highest BCUT2D eigenvalue weighted by molar-refractivity contribution is 6.42. The first-order valence-electron chi connectivity index (χ1n) is 24.0. The van der Waals surface area contributed by atoms with Crippen molar-refractivity contribution in [3.05, 3.63) is 57.8 Å². The number of halogens is 3. The number of hydrogen-bond donors (Lipinski definition) is 0. The molecule has 2 aromatic rings. The van der Waals surface area contributed by atoms with Gasteiger partial charge in [0, 0.05) is 18.4 Å². The Morgan fingerprint density at radius 1 is 0.567 bits per heavy atom. The average Bonchev–Trinajstić information content (AvgIpc) is 4.06. The summed E-state index contributed by atoms with van der Waals surface area (Å²) in [6.45, 7) is 4.07. The lowest BCUT2D eigenvalue weighted by atomic mass is 9.93. The average molecular weight is 876 g/mol. The minimum atomic E-state index is -1.02. The van der Waals surface area contributed by atoms with E-state index >= 15 is 4.39 Å². The Bertz CT molecular complexity index is 1460. The first-order chi connectivity index (χ1) is 29.2. The van der Waals surface area contributed by atoms with Crippen LogP contribution in [0, 0.1) is 5.82 Å². The van der Waals surface area contributed by atoms with E-state index in [0.717, 1.165) is 38.5 Å². The second-order valence-electron chi connectivity index (χ2n) is 17.3. The Morgan fingerprint density at radius 3 is 1.37 bits per heavy atom. The number of carbonyl (C=O) groups excluding carboxylic acids is 3. The smallest absolute Gasteiger partial charge is 0.317 e. The van der Waals surface area contributed by atoms with Gasteiger partial charge >= 0.3 is 17.9 Å². The Morgan fingerprint density at radius 2 is 0.983 bits per heavy atom. The van der Waals surface area contributed by atoms with Crippen LogP contribution in [-0.4, -0.2) is 37.2 Å². The fraction of sp³-hybridized carbons (Fsp3) is 0.706. The molecule has 0 saturated heterocycles. The molecule has 0 aliphatic heterocycles. The molecule has 0 heterocycles. The molecule has 0 amide bonds. The molecule has 6 nitrogen and oxygen atoms in total. The number of unbranched alkanes of at least 4 members (excludes halogenated alkanes) is 24. The normalized spacial score (nSPS) is 13.1. The highest BCUT2D eigenvalue weighted by Gasteiger charge is 2.53. The van der Waals surface area contributed by atoms with E-state index < -0.39 is 23.3 Å². The van der Waals surface area contributed by atoms with E-state index in [-0.39, 0.29) is 38.0 Å². The van der Waals surface area contributed by atoms with Crippen molar-refractivity contribution < 1.29 is 33.0 Å². The second kappa shape index (κ2) is 31.2. The Hall–Kier alpha value is -2.64. The SMILES string of the molecule is CCCCCCCCCCCCCCCC(=O)OCC(COC(=O)CCCCCCCCCCCCCCC)OC(=O)C1(c2ccc(-c3ccc(Cl)c(Cl)c3)c(F)c2)CC1. The maximum atomic E-state index is 15.5. The number of benzene rings is 2. The quantitative estimate of drug-likeness (QED) is 0.0385. The number of rotatable bonds is 36. The predicted molar refractivity (Wildman–Crippen MR) is 245 cm³/mol. The van der Waals surface area contributed by atoms with Crippen LogP contribution in [0.3, 0.4) is 0 Å². The van der Waals surface area contributed by atoms with E-state index in [2.05, 4.69) is 13.8 Å². The summed E-state index contributed by atoms with van der Waals surface area (Å²) in [5, 5.41) is 0.697. The Kier molecular flexibility index (Phi) is 26.9. The summed E-state index contributed by atoms with van der Waals surface area (Å²) in [5.74, 6) is -1.77. The van der Waals surface area contributed by atoms with Gasteiger partial charge in [0.2, 0.25) is 0 Å². The van der Waals surface area contributed by atoms with Crippen LogP contribution in [0.1, 0.15) is 212 Å². The van der Waals surface area contributed by atoms with Crippen molar-refractivity contribution in [3.63, 3.8) is 0 Å². The van der Waals surface area contributed by atoms with E-state index in [4.69, 9.17) is 37.4 Å². The van der Waals surface area contributed by atoms with Gasteiger partial charge in [-0.3, -0.25) is 14.4 Å². The van der Waals surface area contributed by atoms with E-state index in [1.54, 1.807) is 30.3 Å². The predicted octanol–water partition coefficient (Wildman–Crippen LogP) is 15.8. The summed E-state index contributed by atoms with van der Waals surface area (Å²) >= 11 is 12.2. The highest BCUT2D eigenvalue weighted by atomic mass is 35.5. The molecule has 338 valence electrons. The third-order valence-electron chi connectivity index (χ3n) is 12.0. The fourth-order valence-corrected chi connectivity index (χ4v) is 8.21. The van der Waals surface area contributed by atoms with E-state index in [1.807, 2.05) is 0 Å². The summed E-state index contributed by atoms with van der Waals surface area (Å²) in [7, 11) is 0. The molecule has 2 aromatic carbocycles. The van der Waals surface area contributed by atoms with Gasteiger partial charge in [0.05, 0.1) is 15.5 Å². The van der Waals surface area contributed by atoms with Crippen LogP contribution in [0.2, 0.25) is 10.0 Å². The minimum Gasteiger partial charge on any atom is -0.462 e. The van der Waals surface area contributed by atoms with Crippen LogP contribution in [0.4, 0.5) is 4.39 Å². The van der Waals surface area contributed by atoms with Gasteiger partial charge in [0.15, 0.2) is 6.10 Å². The molecular weight excluding hydrogens is 798 g/mol. The van der Waals surface area contributed by atoms with Crippen molar-refractivity contribution in [2.45, 2.75) is 218 Å². The highest BCUT2D eigenvalue weighted by Crippen LogP contribution is 2.50. The van der Waals surface area contributed by atoms with Gasteiger partial charge in [-0.15, -0.1) is 0 Å². The molecule has 0 spiro atoms. The zero-order valence-corrected chi connectivity index (χ0v) is 38.8. The summed E-state index contributed by atoms with van der Waals surface area (Å²) in [6, 6.07) is 9.64. The van der Waals surface area contributed by atoms with Gasteiger partial charge in [0.1, 0.15) is 19.0 Å². The van der Waals surface area contributed by atoms with E-state index in [1.165, 1.54) is 134 Å². The number of esters is 3. The third kappa shape index (κ3) is 21.0. The molecule has 0 bridgehead atoms. The molecule has 0 aromatic heterocycles. The van der Waals surface area contributed by atoms with Crippen molar-refractivity contribution in [2.75, 3.05) is 13.2 Å². The lowest BCUT2D eigenvalue weighted by molar-refractivity contribution is -0.168. The second-order valence-corrected chi connectivity index (χ2v) is 18.1. The van der Waals surface area contributed by atoms with Crippen LogP contribution >= 0.6 is 23.2 Å².